The Morgan fingerprint density at radius 2 is 1.10 bits per heavy atom. The number of carbonyl (C=O) groups is 3. The molecule has 0 bridgehead atoms. The molecule has 30 heavy (non-hydrogen) atoms. The smallest absolute Gasteiger partial charge is 0.228 e. The molecular weight excluding hydrogens is 430 g/mol. The van der Waals surface area contributed by atoms with Crippen LogP contribution in [0.5, 0.6) is 0 Å². The van der Waals surface area contributed by atoms with Crippen molar-refractivity contribution in [3.05, 3.63) is 81.6 Å². The van der Waals surface area contributed by atoms with E-state index in [2.05, 4.69) is 0 Å². The summed E-state index contributed by atoms with van der Waals surface area (Å²) in [5.41, 5.74) is 5.21. The predicted molar refractivity (Wildman–Crippen MR) is 105 cm³/mol. The molecule has 0 saturated carbocycles. The summed E-state index contributed by atoms with van der Waals surface area (Å²) in [6.07, 6.45) is 1.58. The maximum absolute atomic E-state index is 12.7. The van der Waals surface area contributed by atoms with Gasteiger partial charge in [0.25, 0.3) is 0 Å². The molecule has 0 unspecified atom stereocenters. The Hall–Kier alpha value is -3.37. The highest BCUT2D eigenvalue weighted by Crippen LogP contribution is 2.37. The minimum Gasteiger partial charge on any atom is -0.369 e. The number of rotatable bonds is 3. The third kappa shape index (κ3) is 2.76. The second-order valence-corrected chi connectivity index (χ2v) is 10.4. The number of Topliss-reactive ketones (excluding diaryl/α,β-unsaturated/α-hetero) is 2. The van der Waals surface area contributed by atoms with Gasteiger partial charge in [0.15, 0.2) is 0 Å². The fraction of sp³-hybridized carbons (Fsp3) is 0.0500. The van der Waals surface area contributed by atoms with E-state index in [-0.39, 0.29) is 20.9 Å². The van der Waals surface area contributed by atoms with Gasteiger partial charge >= 0.3 is 0 Å². The van der Waals surface area contributed by atoms with Crippen molar-refractivity contribution in [2.75, 3.05) is 0 Å². The first-order valence-corrected chi connectivity index (χ1v) is 11.5. The number of carbonyl (C=O) groups excluding carboxylic acids is 3. The lowest BCUT2D eigenvalue weighted by atomic mass is 10.0. The van der Waals surface area contributed by atoms with Crippen LogP contribution >= 0.6 is 0 Å². The van der Waals surface area contributed by atoms with Gasteiger partial charge in [-0.1, -0.05) is 24.3 Å². The van der Waals surface area contributed by atoms with Gasteiger partial charge in [-0.15, -0.1) is 0 Å². The quantitative estimate of drug-likeness (QED) is 0.701. The third-order valence-electron chi connectivity index (χ3n) is 4.86. The maximum atomic E-state index is 12.7. The molecule has 0 aliphatic carbocycles. The number of hydrogen-bond acceptors (Lipinski definition) is 7. The Labute approximate surface area is 171 Å². The summed E-state index contributed by atoms with van der Waals surface area (Å²) in [6, 6.07) is 11.0. The van der Waals surface area contributed by atoms with Gasteiger partial charge in [0.05, 0.1) is 15.7 Å². The lowest BCUT2D eigenvalue weighted by Gasteiger charge is -2.06. The van der Waals surface area contributed by atoms with Crippen LogP contribution in [-0.4, -0.2) is 34.3 Å². The fourth-order valence-corrected chi connectivity index (χ4v) is 6.64. The molecule has 0 aromatic heterocycles. The molecular formula is C20H13NO7S2. The lowest BCUT2D eigenvalue weighted by Crippen LogP contribution is -2.23. The van der Waals surface area contributed by atoms with Gasteiger partial charge < -0.3 is 5.73 Å². The summed E-state index contributed by atoms with van der Waals surface area (Å²) in [5.74, 6) is -4.40. The van der Waals surface area contributed by atoms with Gasteiger partial charge in [0, 0.05) is 11.1 Å². The Morgan fingerprint density at radius 3 is 1.43 bits per heavy atom. The van der Waals surface area contributed by atoms with Crippen molar-refractivity contribution >= 4 is 37.1 Å². The van der Waals surface area contributed by atoms with E-state index in [1.54, 1.807) is 0 Å². The molecule has 4 rings (SSSR count). The largest absolute Gasteiger partial charge is 0.369 e. The highest BCUT2D eigenvalue weighted by molar-refractivity contribution is 7.97. The number of sulfone groups is 2. The Balaban J connectivity index is 1.86. The Morgan fingerprint density at radius 1 is 0.733 bits per heavy atom. The molecule has 0 radical (unpaired) electrons. The van der Waals surface area contributed by atoms with E-state index in [0.29, 0.717) is 0 Å². The average molecular weight is 443 g/mol. The predicted octanol–water partition coefficient (Wildman–Crippen LogP) is 1.20. The topological polar surface area (TPSA) is 146 Å². The highest BCUT2D eigenvalue weighted by Gasteiger charge is 2.42. The molecule has 0 atom stereocenters. The van der Waals surface area contributed by atoms with Crippen LogP contribution < -0.4 is 5.73 Å². The first kappa shape index (κ1) is 19.9. The number of allylic oxidation sites excluding steroid dienone is 2. The van der Waals surface area contributed by atoms with Crippen LogP contribution in [-0.2, 0) is 24.5 Å². The van der Waals surface area contributed by atoms with Crippen LogP contribution in [0.15, 0.2) is 80.3 Å². The number of benzene rings is 2. The van der Waals surface area contributed by atoms with Gasteiger partial charge in [-0.25, -0.2) is 16.8 Å². The molecule has 2 aromatic carbocycles. The summed E-state index contributed by atoms with van der Waals surface area (Å²) in [4.78, 5) is 35.3. The first-order valence-electron chi connectivity index (χ1n) is 8.57. The van der Waals surface area contributed by atoms with Crippen molar-refractivity contribution < 1.29 is 31.2 Å². The molecule has 2 heterocycles. The zero-order valence-electron chi connectivity index (χ0n) is 15.1. The van der Waals surface area contributed by atoms with E-state index >= 15 is 0 Å². The van der Waals surface area contributed by atoms with Crippen molar-refractivity contribution in [2.45, 2.75) is 9.79 Å². The van der Waals surface area contributed by atoms with Crippen LogP contribution in [0.4, 0.5) is 0 Å². The second-order valence-electron chi connectivity index (χ2n) is 6.65. The summed E-state index contributed by atoms with van der Waals surface area (Å²) < 4.78 is 50.9. The van der Waals surface area contributed by atoms with Crippen molar-refractivity contribution in [3.63, 3.8) is 0 Å². The zero-order valence-corrected chi connectivity index (χ0v) is 16.7. The third-order valence-corrected chi connectivity index (χ3v) is 8.53. The van der Waals surface area contributed by atoms with Gasteiger partial charge in [-0.2, -0.15) is 0 Å². The molecule has 2 aromatic rings. The normalized spacial score (nSPS) is 22.1. The van der Waals surface area contributed by atoms with Crippen LogP contribution in [0.25, 0.3) is 0 Å². The average Bonchev–Trinajstić information content (AvgIpc) is 3.02. The lowest BCUT2D eigenvalue weighted by molar-refractivity contribution is -0.119. The first-order chi connectivity index (χ1) is 14.1. The number of amides is 1. The van der Waals surface area contributed by atoms with Gasteiger partial charge in [-0.05, 0) is 36.4 Å². The molecule has 2 N–H and O–H groups in total. The summed E-state index contributed by atoms with van der Waals surface area (Å²) >= 11 is 0. The molecule has 0 spiro atoms. The van der Waals surface area contributed by atoms with Crippen LogP contribution in [0.1, 0.15) is 20.7 Å². The highest BCUT2D eigenvalue weighted by atomic mass is 32.2. The number of ketones is 2. The summed E-state index contributed by atoms with van der Waals surface area (Å²) in [6.45, 7) is 0. The van der Waals surface area contributed by atoms with Crippen molar-refractivity contribution in [3.8, 4) is 0 Å². The molecule has 8 nitrogen and oxygen atoms in total. The number of primary amides is 1. The monoisotopic (exact) mass is 443 g/mol. The van der Waals surface area contributed by atoms with Crippen LogP contribution in [0.3, 0.4) is 0 Å². The molecule has 10 heteroatoms. The van der Waals surface area contributed by atoms with E-state index in [0.717, 1.165) is 12.2 Å². The summed E-state index contributed by atoms with van der Waals surface area (Å²) in [5, 5.41) is 0. The van der Waals surface area contributed by atoms with Crippen molar-refractivity contribution in [1.82, 2.24) is 0 Å². The van der Waals surface area contributed by atoms with E-state index in [1.807, 2.05) is 0 Å². The minimum absolute atomic E-state index is 0.0587. The van der Waals surface area contributed by atoms with Gasteiger partial charge in [-0.3, -0.25) is 14.4 Å². The molecule has 1 amide bonds. The molecule has 152 valence electrons. The number of hydrogen-bond donors (Lipinski definition) is 1. The molecule has 0 fully saturated rings. The second kappa shape index (κ2) is 6.57. The molecule has 2 aliphatic rings. The number of nitrogens with two attached hydrogens (primary N) is 1. The minimum atomic E-state index is -4.21. The van der Waals surface area contributed by atoms with Crippen LogP contribution in [0, 0.1) is 5.92 Å². The van der Waals surface area contributed by atoms with E-state index < -0.39 is 52.9 Å². The van der Waals surface area contributed by atoms with Crippen molar-refractivity contribution in [1.29, 1.82) is 0 Å². The van der Waals surface area contributed by atoms with Gasteiger partial charge in [0.2, 0.25) is 37.1 Å². The molecule has 2 aliphatic heterocycles. The SMILES string of the molecule is NC(=O)C(C=C1C(=O)c2ccccc2S1(=O)=O)C=C1C(=O)c2ccccc2S1(=O)=O. The van der Waals surface area contributed by atoms with E-state index in [4.69, 9.17) is 5.73 Å². The van der Waals surface area contributed by atoms with Crippen LogP contribution in [0.2, 0.25) is 0 Å². The standard InChI is InChI=1S/C20H13NO7S2/c21-20(24)11(9-16-18(22)12-5-1-3-7-14(12)29(16,25)26)10-17-19(23)13-6-2-4-8-15(13)30(17,27)28/h1-11H,(H2,21,24). The molecule has 0 saturated heterocycles. The maximum Gasteiger partial charge on any atom is 0.228 e. The summed E-state index contributed by atoms with van der Waals surface area (Å²) in [7, 11) is -8.43. The van der Waals surface area contributed by atoms with Crippen molar-refractivity contribution in [2.24, 2.45) is 11.7 Å². The van der Waals surface area contributed by atoms with E-state index in [9.17, 15) is 31.2 Å². The fourth-order valence-electron chi connectivity index (χ4n) is 3.39. The Kier molecular flexibility index (Phi) is 4.37. The Bertz CT molecular complexity index is 1330. The zero-order chi connectivity index (χ0) is 21.8. The number of fused-ring (bicyclic) bond motifs is 2. The van der Waals surface area contributed by atoms with E-state index in [1.165, 1.54) is 48.5 Å². The van der Waals surface area contributed by atoms with Gasteiger partial charge in [0.1, 0.15) is 9.81 Å².